The van der Waals surface area contributed by atoms with Crippen molar-refractivity contribution in [3.63, 3.8) is 0 Å². The monoisotopic (exact) mass is 289 g/mol. The number of nitrogens with one attached hydrogen (secondary N) is 1. The quantitative estimate of drug-likeness (QED) is 0.819. The number of thiophene rings is 1. The van der Waals surface area contributed by atoms with E-state index in [9.17, 15) is 17.6 Å². The van der Waals surface area contributed by atoms with Crippen LogP contribution in [0.2, 0.25) is 0 Å². The first kappa shape index (κ1) is 14.0. The molecule has 102 valence electrons. The standard InChI is InChI=1S/C13H11F4NS/c14-11-2-1-8(3-12(11)15)10-7-19-6-9(10)4-18-5-13(16)17/h1-3,6-7,13,18H,4-5H2. The van der Waals surface area contributed by atoms with Gasteiger partial charge in [0, 0.05) is 6.54 Å². The van der Waals surface area contributed by atoms with Gasteiger partial charge in [-0.15, -0.1) is 0 Å². The predicted octanol–water partition coefficient (Wildman–Crippen LogP) is 4.05. The van der Waals surface area contributed by atoms with Gasteiger partial charge in [-0.1, -0.05) is 6.07 Å². The van der Waals surface area contributed by atoms with E-state index in [1.807, 2.05) is 0 Å². The molecule has 1 aromatic carbocycles. The summed E-state index contributed by atoms with van der Waals surface area (Å²) in [4.78, 5) is 0. The van der Waals surface area contributed by atoms with E-state index in [-0.39, 0.29) is 6.54 Å². The average molecular weight is 289 g/mol. The van der Waals surface area contributed by atoms with Crippen LogP contribution < -0.4 is 5.32 Å². The van der Waals surface area contributed by atoms with Crippen LogP contribution in [-0.4, -0.2) is 13.0 Å². The third-order valence-corrected chi connectivity index (χ3v) is 3.38. The van der Waals surface area contributed by atoms with Gasteiger partial charge in [-0.2, -0.15) is 11.3 Å². The molecule has 19 heavy (non-hydrogen) atoms. The fourth-order valence-electron chi connectivity index (χ4n) is 1.69. The molecule has 0 bridgehead atoms. The second-order valence-corrected chi connectivity index (χ2v) is 4.71. The predicted molar refractivity (Wildman–Crippen MR) is 67.4 cm³/mol. The number of alkyl halides is 2. The van der Waals surface area contributed by atoms with Crippen LogP contribution in [-0.2, 0) is 6.54 Å². The Morgan fingerprint density at radius 1 is 1.11 bits per heavy atom. The molecule has 0 amide bonds. The van der Waals surface area contributed by atoms with E-state index in [1.165, 1.54) is 17.4 Å². The van der Waals surface area contributed by atoms with E-state index >= 15 is 0 Å². The van der Waals surface area contributed by atoms with Gasteiger partial charge in [0.05, 0.1) is 6.54 Å². The summed E-state index contributed by atoms with van der Waals surface area (Å²) in [7, 11) is 0. The van der Waals surface area contributed by atoms with E-state index < -0.39 is 24.6 Å². The Hall–Kier alpha value is -1.40. The Kier molecular flexibility index (Phi) is 4.55. The van der Waals surface area contributed by atoms with Crippen molar-refractivity contribution in [3.05, 3.63) is 46.2 Å². The molecule has 0 aliphatic heterocycles. The summed E-state index contributed by atoms with van der Waals surface area (Å²) in [6, 6.07) is 3.63. The van der Waals surface area contributed by atoms with Crippen LogP contribution in [0.15, 0.2) is 29.0 Å². The highest BCUT2D eigenvalue weighted by molar-refractivity contribution is 7.08. The lowest BCUT2D eigenvalue weighted by molar-refractivity contribution is 0.145. The van der Waals surface area contributed by atoms with Gasteiger partial charge in [0.25, 0.3) is 6.43 Å². The van der Waals surface area contributed by atoms with Gasteiger partial charge < -0.3 is 5.32 Å². The zero-order valence-corrected chi connectivity index (χ0v) is 10.6. The van der Waals surface area contributed by atoms with Crippen molar-refractivity contribution in [1.29, 1.82) is 0 Å². The summed E-state index contributed by atoms with van der Waals surface area (Å²) in [6.07, 6.45) is -2.41. The molecule has 2 aromatic rings. The van der Waals surface area contributed by atoms with E-state index in [2.05, 4.69) is 5.32 Å². The van der Waals surface area contributed by atoms with E-state index in [0.29, 0.717) is 5.56 Å². The average Bonchev–Trinajstić information content (AvgIpc) is 2.80. The first-order chi connectivity index (χ1) is 9.08. The minimum absolute atomic E-state index is 0.266. The van der Waals surface area contributed by atoms with E-state index in [0.717, 1.165) is 23.3 Å². The van der Waals surface area contributed by atoms with Crippen molar-refractivity contribution in [2.45, 2.75) is 13.0 Å². The van der Waals surface area contributed by atoms with E-state index in [4.69, 9.17) is 0 Å². The summed E-state index contributed by atoms with van der Waals surface area (Å²) >= 11 is 1.39. The SMILES string of the molecule is Fc1ccc(-c2cscc2CNCC(F)F)cc1F. The van der Waals surface area contributed by atoms with E-state index in [1.54, 1.807) is 10.8 Å². The molecule has 0 atom stereocenters. The second-order valence-electron chi connectivity index (χ2n) is 3.96. The normalized spacial score (nSPS) is 11.2. The maximum absolute atomic E-state index is 13.2. The third-order valence-electron chi connectivity index (χ3n) is 2.59. The smallest absolute Gasteiger partial charge is 0.250 e. The largest absolute Gasteiger partial charge is 0.307 e. The Labute approximate surface area is 111 Å². The van der Waals surface area contributed by atoms with Crippen molar-refractivity contribution in [2.24, 2.45) is 0 Å². The fourth-order valence-corrected chi connectivity index (χ4v) is 2.56. The van der Waals surface area contributed by atoms with Gasteiger partial charge in [-0.25, -0.2) is 17.6 Å². The zero-order chi connectivity index (χ0) is 13.8. The molecule has 0 aliphatic rings. The molecule has 0 aliphatic carbocycles. The molecule has 1 N–H and O–H groups in total. The minimum Gasteiger partial charge on any atom is -0.307 e. The number of benzene rings is 1. The van der Waals surface area contributed by atoms with Crippen molar-refractivity contribution >= 4 is 11.3 Å². The van der Waals surface area contributed by atoms with Crippen LogP contribution >= 0.6 is 11.3 Å². The highest BCUT2D eigenvalue weighted by atomic mass is 32.1. The molecular weight excluding hydrogens is 278 g/mol. The molecule has 6 heteroatoms. The number of rotatable bonds is 5. The minimum atomic E-state index is -2.41. The Balaban J connectivity index is 2.16. The first-order valence-electron chi connectivity index (χ1n) is 5.57. The van der Waals surface area contributed by atoms with Crippen molar-refractivity contribution in [1.82, 2.24) is 5.32 Å². The number of hydrogen-bond donors (Lipinski definition) is 1. The summed E-state index contributed by atoms with van der Waals surface area (Å²) in [6.45, 7) is -0.130. The fraction of sp³-hybridized carbons (Fsp3) is 0.231. The maximum Gasteiger partial charge on any atom is 0.250 e. The molecule has 0 saturated heterocycles. The molecule has 0 saturated carbocycles. The first-order valence-corrected chi connectivity index (χ1v) is 6.51. The van der Waals surface area contributed by atoms with Crippen LogP contribution in [0.25, 0.3) is 11.1 Å². The summed E-state index contributed by atoms with van der Waals surface area (Å²) in [5.74, 6) is -1.83. The van der Waals surface area contributed by atoms with Crippen molar-refractivity contribution in [3.8, 4) is 11.1 Å². The molecule has 0 unspecified atom stereocenters. The Morgan fingerprint density at radius 3 is 2.58 bits per heavy atom. The Bertz CT molecular complexity index is 553. The topological polar surface area (TPSA) is 12.0 Å². The van der Waals surface area contributed by atoms with Gasteiger partial charge in [0.2, 0.25) is 0 Å². The van der Waals surface area contributed by atoms with Gasteiger partial charge in [0.1, 0.15) is 0 Å². The molecule has 0 fully saturated rings. The lowest BCUT2D eigenvalue weighted by atomic mass is 10.0. The number of hydrogen-bond acceptors (Lipinski definition) is 2. The maximum atomic E-state index is 13.2. The highest BCUT2D eigenvalue weighted by Crippen LogP contribution is 2.28. The summed E-state index contributed by atoms with van der Waals surface area (Å²) < 4.78 is 50.1. The van der Waals surface area contributed by atoms with Gasteiger partial charge in [-0.05, 0) is 39.6 Å². The molecule has 1 heterocycles. The number of halogens is 4. The molecule has 2 rings (SSSR count). The van der Waals surface area contributed by atoms with Crippen LogP contribution in [0.3, 0.4) is 0 Å². The Morgan fingerprint density at radius 2 is 1.89 bits per heavy atom. The second kappa shape index (κ2) is 6.16. The summed E-state index contributed by atoms with van der Waals surface area (Å²) in [5.41, 5.74) is 2.05. The third kappa shape index (κ3) is 3.54. The van der Waals surface area contributed by atoms with Crippen LogP contribution in [0.1, 0.15) is 5.56 Å². The van der Waals surface area contributed by atoms with Gasteiger partial charge in [-0.3, -0.25) is 0 Å². The van der Waals surface area contributed by atoms with Crippen molar-refractivity contribution < 1.29 is 17.6 Å². The highest BCUT2D eigenvalue weighted by Gasteiger charge is 2.10. The van der Waals surface area contributed by atoms with Crippen LogP contribution in [0.4, 0.5) is 17.6 Å². The molecular formula is C13H11F4NS. The molecule has 1 nitrogen and oxygen atoms in total. The lowest BCUT2D eigenvalue weighted by Crippen LogP contribution is -2.20. The van der Waals surface area contributed by atoms with Crippen LogP contribution in [0.5, 0.6) is 0 Å². The van der Waals surface area contributed by atoms with Gasteiger partial charge >= 0.3 is 0 Å². The molecule has 1 aromatic heterocycles. The van der Waals surface area contributed by atoms with Crippen molar-refractivity contribution in [2.75, 3.05) is 6.54 Å². The summed E-state index contributed by atoms with van der Waals surface area (Å²) in [5, 5.41) is 6.20. The lowest BCUT2D eigenvalue weighted by Gasteiger charge is -2.06. The zero-order valence-electron chi connectivity index (χ0n) is 9.80. The molecule has 0 radical (unpaired) electrons. The van der Waals surface area contributed by atoms with Crippen LogP contribution in [0, 0.1) is 11.6 Å². The van der Waals surface area contributed by atoms with Gasteiger partial charge in [0.15, 0.2) is 11.6 Å². The molecule has 0 spiro atoms.